The van der Waals surface area contributed by atoms with Gasteiger partial charge in [0.25, 0.3) is 0 Å². The summed E-state index contributed by atoms with van der Waals surface area (Å²) >= 11 is 13.7. The Morgan fingerprint density at radius 2 is 2.06 bits per heavy atom. The highest BCUT2D eigenvalue weighted by atomic mass is 35.5. The van der Waals surface area contributed by atoms with Crippen LogP contribution in [-0.4, -0.2) is 28.2 Å². The molecule has 3 nitrogen and oxygen atoms in total. The molecule has 0 atom stereocenters. The average molecular weight is 278 g/mol. The van der Waals surface area contributed by atoms with E-state index in [-0.39, 0.29) is 0 Å². The molecule has 1 saturated heterocycles. The minimum absolute atomic E-state index is 0.367. The molecule has 1 aliphatic heterocycles. The topological polar surface area (TPSA) is 37.8 Å². The second-order valence-corrected chi connectivity index (χ2v) is 5.78. The van der Waals surface area contributed by atoms with Gasteiger partial charge in [-0.2, -0.15) is 11.8 Å². The molecule has 0 aromatic carbocycles. The van der Waals surface area contributed by atoms with E-state index in [1.807, 2.05) is 11.8 Å². The second kappa shape index (κ2) is 5.94. The number of thioether (sulfide) groups is 1. The second-order valence-electron chi connectivity index (χ2n) is 3.81. The molecule has 0 bridgehead atoms. The average Bonchev–Trinajstić information content (AvgIpc) is 2.32. The first-order valence-electron chi connectivity index (χ1n) is 5.26. The highest BCUT2D eigenvalue weighted by Gasteiger charge is 2.14. The molecule has 1 fully saturated rings. The molecule has 1 aromatic heterocycles. The molecule has 0 spiro atoms. The molecule has 2 rings (SSSR count). The van der Waals surface area contributed by atoms with E-state index in [0.29, 0.717) is 10.3 Å². The predicted octanol–water partition coefficient (Wildman–Crippen LogP) is 3.34. The summed E-state index contributed by atoms with van der Waals surface area (Å²) in [6, 6.07) is 1.72. The van der Waals surface area contributed by atoms with Crippen molar-refractivity contribution in [1.29, 1.82) is 0 Å². The summed E-state index contributed by atoms with van der Waals surface area (Å²) in [5.41, 5.74) is 0.778. The lowest BCUT2D eigenvalue weighted by atomic mass is 10.0. The zero-order valence-corrected chi connectivity index (χ0v) is 11.1. The molecule has 1 aliphatic rings. The fraction of sp³-hybridized carbons (Fsp3) is 0.600. The molecule has 0 unspecified atom stereocenters. The van der Waals surface area contributed by atoms with Crippen LogP contribution in [-0.2, 0) is 0 Å². The molecule has 0 amide bonds. The van der Waals surface area contributed by atoms with E-state index in [0.717, 1.165) is 18.2 Å². The zero-order valence-electron chi connectivity index (χ0n) is 8.75. The fourth-order valence-corrected chi connectivity index (χ4v) is 3.19. The fourth-order valence-electron chi connectivity index (χ4n) is 1.68. The van der Waals surface area contributed by atoms with E-state index in [1.54, 1.807) is 6.07 Å². The molecule has 88 valence electrons. The number of anilines is 1. The molecular weight excluding hydrogens is 265 g/mol. The van der Waals surface area contributed by atoms with Crippen molar-refractivity contribution in [3.05, 3.63) is 16.4 Å². The minimum Gasteiger partial charge on any atom is -0.382 e. The van der Waals surface area contributed by atoms with Gasteiger partial charge < -0.3 is 5.32 Å². The lowest BCUT2D eigenvalue weighted by Gasteiger charge is -2.22. The van der Waals surface area contributed by atoms with Crippen molar-refractivity contribution in [1.82, 2.24) is 10.2 Å². The SMILES string of the molecule is Clc1cc(NCC2CCSCC2)c(Cl)nn1. The number of halogens is 2. The minimum atomic E-state index is 0.367. The van der Waals surface area contributed by atoms with Crippen molar-refractivity contribution < 1.29 is 0 Å². The van der Waals surface area contributed by atoms with Gasteiger partial charge in [0.1, 0.15) is 0 Å². The van der Waals surface area contributed by atoms with Crippen LogP contribution in [0.1, 0.15) is 12.8 Å². The number of hydrogen-bond donors (Lipinski definition) is 1. The Kier molecular flexibility index (Phi) is 4.55. The Morgan fingerprint density at radius 3 is 2.81 bits per heavy atom. The van der Waals surface area contributed by atoms with Crippen LogP contribution in [0, 0.1) is 5.92 Å². The first-order valence-corrected chi connectivity index (χ1v) is 7.17. The van der Waals surface area contributed by atoms with Gasteiger partial charge in [0.05, 0.1) is 5.69 Å². The molecule has 1 N–H and O–H groups in total. The van der Waals surface area contributed by atoms with E-state index in [1.165, 1.54) is 24.3 Å². The lowest BCUT2D eigenvalue weighted by Crippen LogP contribution is -2.19. The smallest absolute Gasteiger partial charge is 0.174 e. The van der Waals surface area contributed by atoms with Crippen LogP contribution in [0.25, 0.3) is 0 Å². The lowest BCUT2D eigenvalue weighted by molar-refractivity contribution is 0.516. The Hall–Kier alpha value is -0.190. The quantitative estimate of drug-likeness (QED) is 0.920. The van der Waals surface area contributed by atoms with Crippen molar-refractivity contribution in [2.45, 2.75) is 12.8 Å². The normalized spacial score (nSPS) is 17.4. The Morgan fingerprint density at radius 1 is 1.31 bits per heavy atom. The van der Waals surface area contributed by atoms with E-state index in [2.05, 4.69) is 15.5 Å². The summed E-state index contributed by atoms with van der Waals surface area (Å²) in [6.45, 7) is 0.933. The van der Waals surface area contributed by atoms with Crippen molar-refractivity contribution in [3.8, 4) is 0 Å². The maximum absolute atomic E-state index is 5.92. The Labute approximate surface area is 109 Å². The number of nitrogens with zero attached hydrogens (tertiary/aromatic N) is 2. The number of hydrogen-bond acceptors (Lipinski definition) is 4. The highest BCUT2D eigenvalue weighted by molar-refractivity contribution is 7.99. The van der Waals surface area contributed by atoms with Crippen LogP contribution in [0.4, 0.5) is 5.69 Å². The van der Waals surface area contributed by atoms with Gasteiger partial charge in [-0.05, 0) is 30.3 Å². The van der Waals surface area contributed by atoms with Gasteiger partial charge in [0.2, 0.25) is 0 Å². The van der Waals surface area contributed by atoms with E-state index >= 15 is 0 Å². The predicted molar refractivity (Wildman–Crippen MR) is 70.6 cm³/mol. The molecule has 1 aromatic rings. The molecule has 2 heterocycles. The monoisotopic (exact) mass is 277 g/mol. The van der Waals surface area contributed by atoms with Crippen LogP contribution < -0.4 is 5.32 Å². The molecule has 0 saturated carbocycles. The van der Waals surface area contributed by atoms with Crippen LogP contribution in [0.15, 0.2) is 6.07 Å². The number of rotatable bonds is 3. The van der Waals surface area contributed by atoms with Crippen LogP contribution in [0.5, 0.6) is 0 Å². The highest BCUT2D eigenvalue weighted by Crippen LogP contribution is 2.25. The van der Waals surface area contributed by atoms with E-state index < -0.39 is 0 Å². The molecule has 0 aliphatic carbocycles. The van der Waals surface area contributed by atoms with Gasteiger partial charge in [-0.25, -0.2) is 0 Å². The van der Waals surface area contributed by atoms with Gasteiger partial charge in [-0.3, -0.25) is 0 Å². The maximum atomic E-state index is 5.92. The summed E-state index contributed by atoms with van der Waals surface area (Å²) in [6.07, 6.45) is 2.53. The first-order chi connectivity index (χ1) is 7.75. The van der Waals surface area contributed by atoms with Crippen molar-refractivity contribution >= 4 is 40.7 Å². The summed E-state index contributed by atoms with van der Waals surface area (Å²) < 4.78 is 0. The van der Waals surface area contributed by atoms with Gasteiger partial charge in [0, 0.05) is 12.6 Å². The summed E-state index contributed by atoms with van der Waals surface area (Å²) in [5.74, 6) is 3.24. The van der Waals surface area contributed by atoms with Crippen LogP contribution in [0.2, 0.25) is 10.3 Å². The number of nitrogens with one attached hydrogen (secondary N) is 1. The van der Waals surface area contributed by atoms with Crippen molar-refractivity contribution in [2.75, 3.05) is 23.4 Å². The largest absolute Gasteiger partial charge is 0.382 e. The maximum Gasteiger partial charge on any atom is 0.174 e. The van der Waals surface area contributed by atoms with Crippen molar-refractivity contribution in [2.24, 2.45) is 5.92 Å². The van der Waals surface area contributed by atoms with E-state index in [9.17, 15) is 0 Å². The standard InChI is InChI=1S/C10H13Cl2N3S/c11-9-5-8(10(12)15-14-9)13-6-7-1-3-16-4-2-7/h5,7H,1-4,6H2,(H,13,14). The van der Waals surface area contributed by atoms with Crippen molar-refractivity contribution in [3.63, 3.8) is 0 Å². The Balaban J connectivity index is 1.90. The zero-order chi connectivity index (χ0) is 11.4. The molecule has 0 radical (unpaired) electrons. The third-order valence-electron chi connectivity index (χ3n) is 2.64. The first kappa shape index (κ1) is 12.3. The summed E-state index contributed by atoms with van der Waals surface area (Å²) in [7, 11) is 0. The Bertz CT molecular complexity index is 356. The van der Waals surface area contributed by atoms with Gasteiger partial charge in [-0.1, -0.05) is 23.2 Å². The third kappa shape index (κ3) is 3.40. The summed E-state index contributed by atoms with van der Waals surface area (Å²) in [5, 5.41) is 11.5. The molecule has 6 heteroatoms. The van der Waals surface area contributed by atoms with E-state index in [4.69, 9.17) is 23.2 Å². The van der Waals surface area contributed by atoms with Gasteiger partial charge in [-0.15, -0.1) is 10.2 Å². The van der Waals surface area contributed by atoms with Crippen LogP contribution in [0.3, 0.4) is 0 Å². The number of aromatic nitrogens is 2. The van der Waals surface area contributed by atoms with Crippen LogP contribution >= 0.6 is 35.0 Å². The van der Waals surface area contributed by atoms with Gasteiger partial charge >= 0.3 is 0 Å². The van der Waals surface area contributed by atoms with Gasteiger partial charge in [0.15, 0.2) is 10.3 Å². The third-order valence-corrected chi connectivity index (χ3v) is 4.15. The molecule has 16 heavy (non-hydrogen) atoms. The molecular formula is C10H13Cl2N3S. The summed E-state index contributed by atoms with van der Waals surface area (Å²) in [4.78, 5) is 0.